The third-order valence-corrected chi connectivity index (χ3v) is 5.56. The van der Waals surface area contributed by atoms with Gasteiger partial charge in [-0.3, -0.25) is 4.79 Å². The van der Waals surface area contributed by atoms with Crippen LogP contribution in [0.2, 0.25) is 0 Å². The highest BCUT2D eigenvalue weighted by molar-refractivity contribution is 7.91. The summed E-state index contributed by atoms with van der Waals surface area (Å²) in [6.45, 7) is 5.85. The average Bonchev–Trinajstić information content (AvgIpc) is 2.53. The molecule has 1 amide bonds. The van der Waals surface area contributed by atoms with Gasteiger partial charge in [0.25, 0.3) is 0 Å². The molecule has 0 heterocycles. The van der Waals surface area contributed by atoms with E-state index in [1.807, 2.05) is 56.3 Å². The largest absolute Gasteiger partial charge is 0.349 e. The Morgan fingerprint density at radius 1 is 1.08 bits per heavy atom. The third-order valence-electron chi connectivity index (χ3n) is 4.09. The molecule has 0 saturated carbocycles. The first kappa shape index (κ1) is 19.2. The maximum absolute atomic E-state index is 12.3. The second-order valence-corrected chi connectivity index (χ2v) is 8.47. The quantitative estimate of drug-likeness (QED) is 0.824. The molecule has 5 heteroatoms. The molecular weight excluding hydrogens is 334 g/mol. The van der Waals surface area contributed by atoms with E-state index in [0.717, 1.165) is 17.5 Å². The van der Waals surface area contributed by atoms with Crippen molar-refractivity contribution in [3.8, 4) is 0 Å². The lowest BCUT2D eigenvalue weighted by atomic mass is 10.1. The SMILES string of the molecule is CCc1ccc(C(C)NC(=O)CS(=O)(=O)Cc2cccc(C)c2)cc1. The van der Waals surface area contributed by atoms with Gasteiger partial charge in [-0.25, -0.2) is 8.42 Å². The molecule has 1 unspecified atom stereocenters. The highest BCUT2D eigenvalue weighted by Crippen LogP contribution is 2.14. The zero-order chi connectivity index (χ0) is 18.4. The number of rotatable bonds is 7. The Kier molecular flexibility index (Phi) is 6.37. The molecule has 134 valence electrons. The smallest absolute Gasteiger partial charge is 0.235 e. The van der Waals surface area contributed by atoms with Crippen LogP contribution in [0.3, 0.4) is 0 Å². The molecule has 2 rings (SSSR count). The van der Waals surface area contributed by atoms with E-state index in [2.05, 4.69) is 12.2 Å². The number of carbonyl (C=O) groups is 1. The van der Waals surface area contributed by atoms with Crippen LogP contribution in [0, 0.1) is 6.92 Å². The fraction of sp³-hybridized carbons (Fsp3) is 0.350. The fourth-order valence-electron chi connectivity index (χ4n) is 2.72. The van der Waals surface area contributed by atoms with Gasteiger partial charge in [0, 0.05) is 0 Å². The maximum Gasteiger partial charge on any atom is 0.235 e. The summed E-state index contributed by atoms with van der Waals surface area (Å²) in [7, 11) is -3.50. The maximum atomic E-state index is 12.3. The number of aryl methyl sites for hydroxylation is 2. The van der Waals surface area contributed by atoms with Crippen LogP contribution in [0.15, 0.2) is 48.5 Å². The van der Waals surface area contributed by atoms with E-state index in [0.29, 0.717) is 5.56 Å². The van der Waals surface area contributed by atoms with Crippen LogP contribution in [0.1, 0.15) is 42.1 Å². The van der Waals surface area contributed by atoms with Crippen LogP contribution in [0.5, 0.6) is 0 Å². The minimum atomic E-state index is -3.50. The predicted molar refractivity (Wildman–Crippen MR) is 101 cm³/mol. The first-order chi connectivity index (χ1) is 11.8. The molecule has 0 fully saturated rings. The third kappa shape index (κ3) is 6.02. The van der Waals surface area contributed by atoms with Crippen LogP contribution in [0.4, 0.5) is 0 Å². The van der Waals surface area contributed by atoms with E-state index in [1.165, 1.54) is 5.56 Å². The number of nitrogens with one attached hydrogen (secondary N) is 1. The average molecular weight is 359 g/mol. The van der Waals surface area contributed by atoms with Gasteiger partial charge in [0.1, 0.15) is 5.75 Å². The lowest BCUT2D eigenvalue weighted by molar-refractivity contribution is -0.119. The van der Waals surface area contributed by atoms with Gasteiger partial charge in [-0.1, -0.05) is 61.0 Å². The van der Waals surface area contributed by atoms with Crippen LogP contribution < -0.4 is 5.32 Å². The monoisotopic (exact) mass is 359 g/mol. The number of hydrogen-bond donors (Lipinski definition) is 1. The van der Waals surface area contributed by atoms with E-state index in [4.69, 9.17) is 0 Å². The molecule has 0 aliphatic heterocycles. The first-order valence-electron chi connectivity index (χ1n) is 8.43. The molecule has 4 nitrogen and oxygen atoms in total. The molecule has 2 aromatic carbocycles. The summed E-state index contributed by atoms with van der Waals surface area (Å²) in [6.07, 6.45) is 0.957. The van der Waals surface area contributed by atoms with Crippen molar-refractivity contribution in [2.75, 3.05) is 5.75 Å². The molecule has 0 spiro atoms. The zero-order valence-corrected chi connectivity index (χ0v) is 15.8. The highest BCUT2D eigenvalue weighted by Gasteiger charge is 2.19. The summed E-state index contributed by atoms with van der Waals surface area (Å²) in [5.41, 5.74) is 3.89. The van der Waals surface area contributed by atoms with Gasteiger partial charge in [0.05, 0.1) is 11.8 Å². The number of amides is 1. The van der Waals surface area contributed by atoms with Crippen molar-refractivity contribution in [1.29, 1.82) is 0 Å². The van der Waals surface area contributed by atoms with Crippen molar-refractivity contribution >= 4 is 15.7 Å². The summed E-state index contributed by atoms with van der Waals surface area (Å²) in [5.74, 6) is -1.10. The molecule has 0 bridgehead atoms. The van der Waals surface area contributed by atoms with Crippen molar-refractivity contribution in [2.24, 2.45) is 0 Å². The van der Waals surface area contributed by atoms with E-state index in [-0.39, 0.29) is 11.8 Å². The molecule has 1 N–H and O–H groups in total. The highest BCUT2D eigenvalue weighted by atomic mass is 32.2. The Hall–Kier alpha value is -2.14. The van der Waals surface area contributed by atoms with E-state index in [1.54, 1.807) is 6.07 Å². The van der Waals surface area contributed by atoms with Gasteiger partial charge in [-0.2, -0.15) is 0 Å². The second kappa shape index (κ2) is 8.30. The van der Waals surface area contributed by atoms with Gasteiger partial charge in [-0.15, -0.1) is 0 Å². The van der Waals surface area contributed by atoms with Crippen molar-refractivity contribution in [1.82, 2.24) is 5.32 Å². The van der Waals surface area contributed by atoms with Gasteiger partial charge in [-0.05, 0) is 37.0 Å². The van der Waals surface area contributed by atoms with Crippen molar-refractivity contribution in [2.45, 2.75) is 39.0 Å². The van der Waals surface area contributed by atoms with E-state index in [9.17, 15) is 13.2 Å². The van der Waals surface area contributed by atoms with Gasteiger partial charge < -0.3 is 5.32 Å². The molecule has 0 aliphatic rings. The second-order valence-electron chi connectivity index (χ2n) is 6.41. The Morgan fingerprint density at radius 2 is 1.76 bits per heavy atom. The van der Waals surface area contributed by atoms with Crippen LogP contribution in [-0.2, 0) is 26.8 Å². The van der Waals surface area contributed by atoms with Crippen LogP contribution >= 0.6 is 0 Å². The summed E-state index contributed by atoms with van der Waals surface area (Å²) >= 11 is 0. The summed E-state index contributed by atoms with van der Waals surface area (Å²) in [5, 5.41) is 2.77. The molecule has 0 aromatic heterocycles. The molecular formula is C20H25NO3S. The Bertz CT molecular complexity index is 826. The van der Waals surface area contributed by atoms with Crippen molar-refractivity contribution in [3.05, 3.63) is 70.8 Å². The van der Waals surface area contributed by atoms with Crippen LogP contribution in [0.25, 0.3) is 0 Å². The molecule has 25 heavy (non-hydrogen) atoms. The molecule has 0 aliphatic carbocycles. The molecule has 1 atom stereocenters. The minimum Gasteiger partial charge on any atom is -0.349 e. The Labute approximate surface area is 150 Å². The standard InChI is InChI=1S/C20H25NO3S/c1-4-17-8-10-19(11-9-17)16(3)21-20(22)14-25(23,24)13-18-7-5-6-15(2)12-18/h5-12,16H,4,13-14H2,1-3H3,(H,21,22). The molecule has 0 saturated heterocycles. The van der Waals surface area contributed by atoms with Crippen molar-refractivity contribution in [3.63, 3.8) is 0 Å². The van der Waals surface area contributed by atoms with E-state index < -0.39 is 21.5 Å². The van der Waals surface area contributed by atoms with Crippen LogP contribution in [-0.4, -0.2) is 20.1 Å². The molecule has 2 aromatic rings. The summed E-state index contributed by atoms with van der Waals surface area (Å²) < 4.78 is 24.5. The number of carbonyl (C=O) groups excluding carboxylic acids is 1. The van der Waals surface area contributed by atoms with Gasteiger partial charge >= 0.3 is 0 Å². The van der Waals surface area contributed by atoms with Gasteiger partial charge in [0.2, 0.25) is 5.91 Å². The number of benzene rings is 2. The Balaban J connectivity index is 1.95. The molecule has 0 radical (unpaired) electrons. The topological polar surface area (TPSA) is 63.2 Å². The summed E-state index contributed by atoms with van der Waals surface area (Å²) in [6, 6.07) is 15.1. The fourth-order valence-corrected chi connectivity index (χ4v) is 3.99. The minimum absolute atomic E-state index is 0.123. The van der Waals surface area contributed by atoms with Crippen molar-refractivity contribution < 1.29 is 13.2 Å². The lowest BCUT2D eigenvalue weighted by Gasteiger charge is -2.15. The lowest BCUT2D eigenvalue weighted by Crippen LogP contribution is -2.32. The Morgan fingerprint density at radius 3 is 2.36 bits per heavy atom. The van der Waals surface area contributed by atoms with Gasteiger partial charge in [0.15, 0.2) is 9.84 Å². The number of hydrogen-bond acceptors (Lipinski definition) is 3. The zero-order valence-electron chi connectivity index (χ0n) is 15.0. The van der Waals surface area contributed by atoms with E-state index >= 15 is 0 Å². The first-order valence-corrected chi connectivity index (χ1v) is 10.3. The predicted octanol–water partition coefficient (Wildman–Crippen LogP) is 3.35. The summed E-state index contributed by atoms with van der Waals surface area (Å²) in [4.78, 5) is 12.1. The number of sulfone groups is 1. The normalized spacial score (nSPS) is 12.6.